The molecular weight excluding hydrogens is 258 g/mol. The molecule has 1 aromatic carbocycles. The molecule has 0 aliphatic carbocycles. The van der Waals surface area contributed by atoms with Gasteiger partial charge in [-0.2, -0.15) is 0 Å². The molecule has 1 saturated heterocycles. The van der Waals surface area contributed by atoms with E-state index in [-0.39, 0.29) is 6.04 Å². The van der Waals surface area contributed by atoms with Crippen LogP contribution < -0.4 is 5.32 Å². The monoisotopic (exact) mass is 282 g/mol. The van der Waals surface area contributed by atoms with E-state index in [1.54, 1.807) is 0 Å². The zero-order valence-electron chi connectivity index (χ0n) is 12.3. The fraction of sp³-hybridized carbons (Fsp3) is 0.625. The molecule has 1 N–H and O–H groups in total. The van der Waals surface area contributed by atoms with Crippen LogP contribution in [-0.2, 0) is 0 Å². The van der Waals surface area contributed by atoms with E-state index >= 15 is 0 Å². The van der Waals surface area contributed by atoms with Crippen LogP contribution in [0.3, 0.4) is 0 Å². The van der Waals surface area contributed by atoms with Gasteiger partial charge < -0.3 is 5.32 Å². The molecule has 0 amide bonds. The van der Waals surface area contributed by atoms with Crippen molar-refractivity contribution < 1.29 is 8.78 Å². The summed E-state index contributed by atoms with van der Waals surface area (Å²) in [6, 6.07) is 3.90. The molecule has 1 heterocycles. The lowest BCUT2D eigenvalue weighted by Gasteiger charge is -2.36. The van der Waals surface area contributed by atoms with Crippen LogP contribution in [-0.4, -0.2) is 31.6 Å². The third-order valence-corrected chi connectivity index (χ3v) is 4.37. The average molecular weight is 282 g/mol. The Bertz CT molecular complexity index is 408. The number of nitrogens with one attached hydrogen (secondary N) is 1. The molecule has 0 spiro atoms. The Labute approximate surface area is 120 Å². The summed E-state index contributed by atoms with van der Waals surface area (Å²) in [6.07, 6.45) is 3.56. The summed E-state index contributed by atoms with van der Waals surface area (Å²) in [6.45, 7) is 5.11. The van der Waals surface area contributed by atoms with Crippen molar-refractivity contribution >= 4 is 0 Å². The molecular formula is C16H24F2N2. The highest BCUT2D eigenvalue weighted by Crippen LogP contribution is 2.28. The SMILES string of the molecule is CNCCC1CCN(C(C)c2cc(F)cc(F)c2)CC1. The molecule has 0 saturated carbocycles. The first-order valence-electron chi connectivity index (χ1n) is 7.44. The lowest BCUT2D eigenvalue weighted by atomic mass is 9.92. The van der Waals surface area contributed by atoms with Gasteiger partial charge in [-0.1, -0.05) is 0 Å². The molecule has 4 heteroatoms. The van der Waals surface area contributed by atoms with Crippen molar-refractivity contribution in [1.29, 1.82) is 0 Å². The Morgan fingerprint density at radius 3 is 2.35 bits per heavy atom. The highest BCUT2D eigenvalue weighted by Gasteiger charge is 2.23. The zero-order valence-corrected chi connectivity index (χ0v) is 12.3. The molecule has 112 valence electrons. The van der Waals surface area contributed by atoms with Crippen molar-refractivity contribution in [3.63, 3.8) is 0 Å². The van der Waals surface area contributed by atoms with E-state index in [0.717, 1.165) is 37.2 Å². The van der Waals surface area contributed by atoms with Crippen molar-refractivity contribution in [2.45, 2.75) is 32.2 Å². The fourth-order valence-corrected chi connectivity index (χ4v) is 3.00. The van der Waals surface area contributed by atoms with Crippen LogP contribution in [0, 0.1) is 17.6 Å². The molecule has 1 atom stereocenters. The molecule has 0 aromatic heterocycles. The Hall–Kier alpha value is -1.00. The quantitative estimate of drug-likeness (QED) is 0.891. The second kappa shape index (κ2) is 7.14. The normalized spacial score (nSPS) is 19.2. The molecule has 1 aliphatic heterocycles. The van der Waals surface area contributed by atoms with Gasteiger partial charge in [0.2, 0.25) is 0 Å². The van der Waals surface area contributed by atoms with E-state index in [0.29, 0.717) is 0 Å². The maximum Gasteiger partial charge on any atom is 0.126 e. The fourth-order valence-electron chi connectivity index (χ4n) is 3.00. The summed E-state index contributed by atoms with van der Waals surface area (Å²) in [5.74, 6) is -0.207. The molecule has 2 rings (SSSR count). The van der Waals surface area contributed by atoms with Crippen molar-refractivity contribution in [2.75, 3.05) is 26.7 Å². The van der Waals surface area contributed by atoms with Crippen LogP contribution in [0.4, 0.5) is 8.78 Å². The Balaban J connectivity index is 1.92. The molecule has 0 bridgehead atoms. The van der Waals surface area contributed by atoms with E-state index in [9.17, 15) is 8.78 Å². The standard InChI is InChI=1S/C16H24F2N2/c1-12(14-9-15(17)11-16(18)10-14)20-7-4-13(5-8-20)3-6-19-2/h9-13,19H,3-8H2,1-2H3. The number of benzene rings is 1. The summed E-state index contributed by atoms with van der Waals surface area (Å²) < 4.78 is 26.6. The average Bonchev–Trinajstić information content (AvgIpc) is 2.44. The van der Waals surface area contributed by atoms with E-state index in [4.69, 9.17) is 0 Å². The van der Waals surface area contributed by atoms with Gasteiger partial charge in [0.1, 0.15) is 11.6 Å². The van der Waals surface area contributed by atoms with Crippen LogP contribution in [0.1, 0.15) is 37.8 Å². The van der Waals surface area contributed by atoms with Gasteiger partial charge in [0.05, 0.1) is 0 Å². The first-order chi connectivity index (χ1) is 9.60. The number of halogens is 2. The minimum atomic E-state index is -0.490. The minimum Gasteiger partial charge on any atom is -0.320 e. The van der Waals surface area contributed by atoms with E-state index < -0.39 is 11.6 Å². The van der Waals surface area contributed by atoms with E-state index in [1.807, 2.05) is 14.0 Å². The van der Waals surface area contributed by atoms with Crippen molar-refractivity contribution in [3.05, 3.63) is 35.4 Å². The van der Waals surface area contributed by atoms with Crippen LogP contribution in [0.5, 0.6) is 0 Å². The van der Waals surface area contributed by atoms with Crippen molar-refractivity contribution in [1.82, 2.24) is 10.2 Å². The second-order valence-electron chi connectivity index (χ2n) is 5.75. The summed E-state index contributed by atoms with van der Waals surface area (Å²) in [4.78, 5) is 2.32. The molecule has 2 nitrogen and oxygen atoms in total. The summed E-state index contributed by atoms with van der Waals surface area (Å²) in [5.41, 5.74) is 0.733. The number of rotatable bonds is 5. The van der Waals surface area contributed by atoms with Gasteiger partial charge in [0.15, 0.2) is 0 Å². The first-order valence-corrected chi connectivity index (χ1v) is 7.44. The lowest BCUT2D eigenvalue weighted by Crippen LogP contribution is -2.36. The topological polar surface area (TPSA) is 15.3 Å². The largest absolute Gasteiger partial charge is 0.320 e. The van der Waals surface area contributed by atoms with Crippen molar-refractivity contribution in [3.8, 4) is 0 Å². The summed E-state index contributed by atoms with van der Waals surface area (Å²) in [5, 5.41) is 3.19. The zero-order chi connectivity index (χ0) is 14.5. The molecule has 0 radical (unpaired) electrons. The Kier molecular flexibility index (Phi) is 5.49. The number of hydrogen-bond acceptors (Lipinski definition) is 2. The summed E-state index contributed by atoms with van der Waals surface area (Å²) in [7, 11) is 1.98. The third-order valence-electron chi connectivity index (χ3n) is 4.37. The predicted octanol–water partition coefficient (Wildman–Crippen LogP) is 3.35. The molecule has 1 fully saturated rings. The maximum atomic E-state index is 13.3. The van der Waals surface area contributed by atoms with E-state index in [1.165, 1.54) is 31.4 Å². The van der Waals surface area contributed by atoms with Crippen LogP contribution in [0.2, 0.25) is 0 Å². The second-order valence-corrected chi connectivity index (χ2v) is 5.75. The number of piperidine rings is 1. The number of nitrogens with zero attached hydrogens (tertiary/aromatic N) is 1. The number of likely N-dealkylation sites (tertiary alicyclic amines) is 1. The summed E-state index contributed by atoms with van der Waals surface area (Å²) >= 11 is 0. The lowest BCUT2D eigenvalue weighted by molar-refractivity contribution is 0.137. The predicted molar refractivity (Wildman–Crippen MR) is 77.6 cm³/mol. The highest BCUT2D eigenvalue weighted by atomic mass is 19.1. The van der Waals surface area contributed by atoms with Gasteiger partial charge in [-0.05, 0) is 76.5 Å². The maximum absolute atomic E-state index is 13.3. The van der Waals surface area contributed by atoms with Gasteiger partial charge >= 0.3 is 0 Å². The van der Waals surface area contributed by atoms with Crippen LogP contribution >= 0.6 is 0 Å². The first kappa shape index (κ1) is 15.4. The molecule has 1 aromatic rings. The molecule has 1 unspecified atom stereocenters. The van der Waals surface area contributed by atoms with Crippen LogP contribution in [0.15, 0.2) is 18.2 Å². The smallest absolute Gasteiger partial charge is 0.126 e. The van der Waals surface area contributed by atoms with Crippen molar-refractivity contribution in [2.24, 2.45) is 5.92 Å². The van der Waals surface area contributed by atoms with Gasteiger partial charge in [-0.25, -0.2) is 8.78 Å². The Morgan fingerprint density at radius 2 is 1.80 bits per heavy atom. The van der Waals surface area contributed by atoms with Gasteiger partial charge in [0, 0.05) is 12.1 Å². The van der Waals surface area contributed by atoms with Gasteiger partial charge in [0.25, 0.3) is 0 Å². The third kappa shape index (κ3) is 4.00. The Morgan fingerprint density at radius 1 is 1.20 bits per heavy atom. The van der Waals surface area contributed by atoms with Gasteiger partial charge in [-0.3, -0.25) is 4.90 Å². The highest BCUT2D eigenvalue weighted by molar-refractivity contribution is 5.21. The van der Waals surface area contributed by atoms with Crippen LogP contribution in [0.25, 0.3) is 0 Å². The number of hydrogen-bond donors (Lipinski definition) is 1. The minimum absolute atomic E-state index is 0.0745. The van der Waals surface area contributed by atoms with Gasteiger partial charge in [-0.15, -0.1) is 0 Å². The molecule has 20 heavy (non-hydrogen) atoms. The van der Waals surface area contributed by atoms with E-state index in [2.05, 4.69) is 10.2 Å². The molecule has 1 aliphatic rings.